The van der Waals surface area contributed by atoms with Gasteiger partial charge in [0.05, 0.1) is 10.6 Å². The molecule has 90 valence electrons. The number of hydrogen-bond donors (Lipinski definition) is 2. The Labute approximate surface area is 116 Å². The molecule has 0 fully saturated rings. The van der Waals surface area contributed by atoms with Crippen molar-refractivity contribution >= 4 is 33.0 Å². The summed E-state index contributed by atoms with van der Waals surface area (Å²) in [6.07, 6.45) is 0. The summed E-state index contributed by atoms with van der Waals surface area (Å²) < 4.78 is 0.850. The second-order valence-electron chi connectivity index (χ2n) is 3.69. The first kappa shape index (κ1) is 11.4. The lowest BCUT2D eigenvalue weighted by molar-refractivity contribution is 1.10. The Morgan fingerprint density at radius 1 is 1.22 bits per heavy atom. The van der Waals surface area contributed by atoms with Crippen molar-refractivity contribution in [3.63, 3.8) is 0 Å². The fourth-order valence-electron chi connectivity index (χ4n) is 1.64. The number of thiophene rings is 1. The predicted octanol–water partition coefficient (Wildman–Crippen LogP) is 3.54. The zero-order chi connectivity index (χ0) is 12.5. The SMILES string of the molecule is Nc1c(Br)cccc1-c1n[nH]c(-c2cccs2)n1. The van der Waals surface area contributed by atoms with Gasteiger partial charge in [0.15, 0.2) is 11.6 Å². The molecule has 0 unspecified atom stereocenters. The van der Waals surface area contributed by atoms with E-state index in [0.29, 0.717) is 11.5 Å². The molecule has 0 aliphatic rings. The molecular formula is C12H9BrN4S. The molecule has 0 aliphatic heterocycles. The summed E-state index contributed by atoms with van der Waals surface area (Å²) in [5.74, 6) is 1.37. The second kappa shape index (κ2) is 4.55. The number of nitrogens with one attached hydrogen (secondary N) is 1. The van der Waals surface area contributed by atoms with Crippen LogP contribution >= 0.6 is 27.3 Å². The van der Waals surface area contributed by atoms with Crippen molar-refractivity contribution in [2.75, 3.05) is 5.73 Å². The highest BCUT2D eigenvalue weighted by atomic mass is 79.9. The number of halogens is 1. The molecule has 0 saturated carbocycles. The minimum atomic E-state index is 0.609. The number of nitrogens with zero attached hydrogens (tertiary/aromatic N) is 2. The average Bonchev–Trinajstić information content (AvgIpc) is 3.01. The number of anilines is 1. The molecule has 4 nitrogen and oxygen atoms in total. The molecule has 0 radical (unpaired) electrons. The topological polar surface area (TPSA) is 67.6 Å². The molecule has 2 aromatic heterocycles. The van der Waals surface area contributed by atoms with Crippen molar-refractivity contribution in [1.82, 2.24) is 15.2 Å². The highest BCUT2D eigenvalue weighted by molar-refractivity contribution is 9.10. The Morgan fingerprint density at radius 3 is 2.89 bits per heavy atom. The van der Waals surface area contributed by atoms with E-state index in [9.17, 15) is 0 Å². The summed E-state index contributed by atoms with van der Waals surface area (Å²) in [4.78, 5) is 5.53. The zero-order valence-electron chi connectivity index (χ0n) is 9.22. The lowest BCUT2D eigenvalue weighted by Gasteiger charge is -2.02. The van der Waals surface area contributed by atoms with Crippen LogP contribution in [0.5, 0.6) is 0 Å². The molecule has 1 aromatic carbocycles. The number of para-hydroxylation sites is 1. The summed E-state index contributed by atoms with van der Waals surface area (Å²) in [5.41, 5.74) is 7.47. The summed E-state index contributed by atoms with van der Waals surface area (Å²) in [7, 11) is 0. The van der Waals surface area contributed by atoms with Gasteiger partial charge in [-0.2, -0.15) is 5.10 Å². The monoisotopic (exact) mass is 320 g/mol. The first-order chi connectivity index (χ1) is 8.75. The Balaban J connectivity index is 2.06. The number of aromatic nitrogens is 3. The molecule has 6 heteroatoms. The molecule has 0 spiro atoms. The van der Waals surface area contributed by atoms with Crippen molar-refractivity contribution < 1.29 is 0 Å². The van der Waals surface area contributed by atoms with Crippen LogP contribution in [0.2, 0.25) is 0 Å². The van der Waals surface area contributed by atoms with Gasteiger partial charge in [0.2, 0.25) is 0 Å². The normalized spacial score (nSPS) is 10.7. The average molecular weight is 321 g/mol. The number of H-pyrrole nitrogens is 1. The van der Waals surface area contributed by atoms with Crippen LogP contribution in [0.4, 0.5) is 5.69 Å². The fourth-order valence-corrected chi connectivity index (χ4v) is 2.67. The summed E-state index contributed by atoms with van der Waals surface area (Å²) in [6.45, 7) is 0. The van der Waals surface area contributed by atoms with E-state index in [1.165, 1.54) is 0 Å². The van der Waals surface area contributed by atoms with Gasteiger partial charge in [0.1, 0.15) is 0 Å². The number of rotatable bonds is 2. The molecule has 3 rings (SSSR count). The number of aromatic amines is 1. The highest BCUT2D eigenvalue weighted by Crippen LogP contribution is 2.31. The standard InChI is InChI=1S/C12H9BrN4S/c13-8-4-1-3-7(10(8)14)11-15-12(17-16-11)9-5-2-6-18-9/h1-6H,14H2,(H,15,16,17). The van der Waals surface area contributed by atoms with Gasteiger partial charge in [-0.15, -0.1) is 11.3 Å². The van der Waals surface area contributed by atoms with Gasteiger partial charge < -0.3 is 5.73 Å². The minimum absolute atomic E-state index is 0.609. The Hall–Kier alpha value is -1.66. The van der Waals surface area contributed by atoms with Crippen molar-refractivity contribution in [3.8, 4) is 22.1 Å². The number of hydrogen-bond acceptors (Lipinski definition) is 4. The minimum Gasteiger partial charge on any atom is -0.397 e. The fraction of sp³-hybridized carbons (Fsp3) is 0. The zero-order valence-corrected chi connectivity index (χ0v) is 11.6. The Morgan fingerprint density at radius 2 is 2.11 bits per heavy atom. The van der Waals surface area contributed by atoms with E-state index in [2.05, 4.69) is 31.1 Å². The van der Waals surface area contributed by atoms with E-state index < -0.39 is 0 Å². The maximum atomic E-state index is 6.00. The van der Waals surface area contributed by atoms with E-state index in [1.54, 1.807) is 11.3 Å². The molecule has 0 atom stereocenters. The third kappa shape index (κ3) is 1.93. The Bertz CT molecular complexity index is 675. The van der Waals surface area contributed by atoms with E-state index >= 15 is 0 Å². The first-order valence-corrected chi connectivity index (χ1v) is 6.93. The van der Waals surface area contributed by atoms with Gasteiger partial charge in [-0.25, -0.2) is 4.98 Å². The molecule has 3 aromatic rings. The van der Waals surface area contributed by atoms with Gasteiger partial charge in [-0.05, 0) is 39.5 Å². The second-order valence-corrected chi connectivity index (χ2v) is 5.49. The largest absolute Gasteiger partial charge is 0.397 e. The first-order valence-electron chi connectivity index (χ1n) is 5.26. The van der Waals surface area contributed by atoms with Crippen LogP contribution in [-0.2, 0) is 0 Å². The maximum Gasteiger partial charge on any atom is 0.183 e. The molecule has 0 saturated heterocycles. The van der Waals surface area contributed by atoms with Crippen molar-refractivity contribution in [2.24, 2.45) is 0 Å². The van der Waals surface area contributed by atoms with Crippen LogP contribution in [0.3, 0.4) is 0 Å². The van der Waals surface area contributed by atoms with Gasteiger partial charge >= 0.3 is 0 Å². The van der Waals surface area contributed by atoms with Crippen LogP contribution in [0.15, 0.2) is 40.2 Å². The molecule has 0 aliphatic carbocycles. The van der Waals surface area contributed by atoms with Gasteiger partial charge in [-0.1, -0.05) is 12.1 Å². The Kier molecular flexibility index (Phi) is 2.89. The van der Waals surface area contributed by atoms with Crippen LogP contribution in [0.25, 0.3) is 22.1 Å². The molecule has 3 N–H and O–H groups in total. The predicted molar refractivity (Wildman–Crippen MR) is 77.2 cm³/mol. The molecule has 0 amide bonds. The third-order valence-corrected chi connectivity index (χ3v) is 4.10. The number of benzene rings is 1. The van der Waals surface area contributed by atoms with Crippen LogP contribution in [0.1, 0.15) is 0 Å². The molecule has 0 bridgehead atoms. The lowest BCUT2D eigenvalue weighted by Crippen LogP contribution is -1.92. The smallest absolute Gasteiger partial charge is 0.183 e. The summed E-state index contributed by atoms with van der Waals surface area (Å²) in [6, 6.07) is 9.69. The number of nitrogen functional groups attached to an aromatic ring is 1. The van der Waals surface area contributed by atoms with Gasteiger partial charge in [-0.3, -0.25) is 5.10 Å². The molecule has 2 heterocycles. The van der Waals surface area contributed by atoms with Crippen LogP contribution in [0, 0.1) is 0 Å². The van der Waals surface area contributed by atoms with Crippen LogP contribution in [-0.4, -0.2) is 15.2 Å². The lowest BCUT2D eigenvalue weighted by atomic mass is 10.2. The molecular weight excluding hydrogens is 312 g/mol. The van der Waals surface area contributed by atoms with E-state index in [1.807, 2.05) is 35.7 Å². The van der Waals surface area contributed by atoms with Gasteiger partial charge in [0, 0.05) is 10.0 Å². The number of nitrogens with two attached hydrogens (primary N) is 1. The van der Waals surface area contributed by atoms with E-state index in [4.69, 9.17) is 5.73 Å². The van der Waals surface area contributed by atoms with Crippen LogP contribution < -0.4 is 5.73 Å². The van der Waals surface area contributed by atoms with E-state index in [-0.39, 0.29) is 0 Å². The quantitative estimate of drug-likeness (QED) is 0.709. The van der Waals surface area contributed by atoms with E-state index in [0.717, 1.165) is 20.7 Å². The highest BCUT2D eigenvalue weighted by Gasteiger charge is 2.12. The summed E-state index contributed by atoms with van der Waals surface area (Å²) >= 11 is 5.02. The molecule has 18 heavy (non-hydrogen) atoms. The maximum absolute atomic E-state index is 6.00. The summed E-state index contributed by atoms with van der Waals surface area (Å²) in [5, 5.41) is 9.15. The van der Waals surface area contributed by atoms with Crippen molar-refractivity contribution in [1.29, 1.82) is 0 Å². The van der Waals surface area contributed by atoms with Crippen molar-refractivity contribution in [2.45, 2.75) is 0 Å². The third-order valence-electron chi connectivity index (χ3n) is 2.53. The van der Waals surface area contributed by atoms with Crippen molar-refractivity contribution in [3.05, 3.63) is 40.2 Å². The van der Waals surface area contributed by atoms with Gasteiger partial charge in [0.25, 0.3) is 0 Å².